The van der Waals surface area contributed by atoms with Gasteiger partial charge in [-0.1, -0.05) is 30.2 Å². The van der Waals surface area contributed by atoms with Gasteiger partial charge in [-0.15, -0.1) is 5.10 Å². The highest BCUT2D eigenvalue weighted by molar-refractivity contribution is 5.72. The standard InChI is InChI=1S/C22H26N8O/c1-2-31-12-11-29-15-17(13-24-29)16-7-9-19(10-8-16)30-21-20(27-28-30)14-23-22(26-21)25-18-5-3-4-6-18/h7-10,13-15,18H,2-6,11-12H2,1H3,(H,23,25,26). The molecule has 0 atom stereocenters. The summed E-state index contributed by atoms with van der Waals surface area (Å²) in [7, 11) is 0. The third kappa shape index (κ3) is 4.27. The van der Waals surface area contributed by atoms with Gasteiger partial charge in [-0.2, -0.15) is 14.8 Å². The molecule has 0 aliphatic heterocycles. The van der Waals surface area contributed by atoms with Crippen molar-refractivity contribution in [2.45, 2.75) is 45.2 Å². The van der Waals surface area contributed by atoms with Crippen LogP contribution in [0.3, 0.4) is 0 Å². The normalized spacial score (nSPS) is 14.5. The third-order valence-corrected chi connectivity index (χ3v) is 5.63. The van der Waals surface area contributed by atoms with Crippen molar-refractivity contribution < 1.29 is 4.74 Å². The molecule has 1 aliphatic rings. The van der Waals surface area contributed by atoms with E-state index in [1.807, 2.05) is 36.1 Å². The van der Waals surface area contributed by atoms with Gasteiger partial charge >= 0.3 is 0 Å². The number of hydrogen-bond donors (Lipinski definition) is 1. The van der Waals surface area contributed by atoms with E-state index in [4.69, 9.17) is 4.74 Å². The zero-order valence-corrected chi connectivity index (χ0v) is 17.6. The van der Waals surface area contributed by atoms with Crippen LogP contribution in [0.25, 0.3) is 28.0 Å². The van der Waals surface area contributed by atoms with Gasteiger partial charge in [0.25, 0.3) is 0 Å². The number of anilines is 1. The van der Waals surface area contributed by atoms with Gasteiger partial charge in [0, 0.05) is 24.4 Å². The highest BCUT2D eigenvalue weighted by Gasteiger charge is 2.17. The van der Waals surface area contributed by atoms with Gasteiger partial charge in [-0.05, 0) is 37.5 Å². The van der Waals surface area contributed by atoms with E-state index in [1.54, 1.807) is 10.9 Å². The van der Waals surface area contributed by atoms with Crippen molar-refractivity contribution in [1.29, 1.82) is 0 Å². The summed E-state index contributed by atoms with van der Waals surface area (Å²) in [5.74, 6) is 0.638. The molecule has 5 rings (SSSR count). The highest BCUT2D eigenvalue weighted by atomic mass is 16.5. The van der Waals surface area contributed by atoms with Crippen LogP contribution in [0.2, 0.25) is 0 Å². The molecule has 31 heavy (non-hydrogen) atoms. The maximum atomic E-state index is 5.40. The molecular weight excluding hydrogens is 392 g/mol. The van der Waals surface area contributed by atoms with Crippen LogP contribution >= 0.6 is 0 Å². The maximum Gasteiger partial charge on any atom is 0.225 e. The van der Waals surface area contributed by atoms with E-state index in [2.05, 4.69) is 42.8 Å². The van der Waals surface area contributed by atoms with Crippen molar-refractivity contribution in [2.75, 3.05) is 18.5 Å². The Morgan fingerprint density at radius 1 is 1.10 bits per heavy atom. The molecule has 4 aromatic rings. The summed E-state index contributed by atoms with van der Waals surface area (Å²) >= 11 is 0. The lowest BCUT2D eigenvalue weighted by atomic mass is 10.1. The predicted octanol–water partition coefficient (Wildman–Crippen LogP) is 3.47. The topological polar surface area (TPSA) is 95.6 Å². The molecule has 9 heteroatoms. The Kier molecular flexibility index (Phi) is 5.57. The van der Waals surface area contributed by atoms with Crippen molar-refractivity contribution in [1.82, 2.24) is 34.7 Å². The first-order chi connectivity index (χ1) is 15.3. The third-order valence-electron chi connectivity index (χ3n) is 5.63. The number of benzene rings is 1. The smallest absolute Gasteiger partial charge is 0.225 e. The minimum atomic E-state index is 0.454. The fraction of sp³-hybridized carbons (Fsp3) is 0.409. The molecule has 0 spiro atoms. The minimum absolute atomic E-state index is 0.454. The average molecular weight is 419 g/mol. The second-order valence-electron chi connectivity index (χ2n) is 7.77. The van der Waals surface area contributed by atoms with Crippen molar-refractivity contribution in [3.63, 3.8) is 0 Å². The first kappa shape index (κ1) is 19.6. The number of ether oxygens (including phenoxy) is 1. The molecule has 0 bridgehead atoms. The molecule has 0 radical (unpaired) electrons. The predicted molar refractivity (Wildman–Crippen MR) is 118 cm³/mol. The second-order valence-corrected chi connectivity index (χ2v) is 7.77. The van der Waals surface area contributed by atoms with Gasteiger partial charge in [0.1, 0.15) is 0 Å². The van der Waals surface area contributed by atoms with E-state index < -0.39 is 0 Å². The minimum Gasteiger partial charge on any atom is -0.380 e. The lowest BCUT2D eigenvalue weighted by molar-refractivity contribution is 0.136. The van der Waals surface area contributed by atoms with E-state index in [-0.39, 0.29) is 0 Å². The van der Waals surface area contributed by atoms with Crippen molar-refractivity contribution in [3.05, 3.63) is 42.9 Å². The number of rotatable bonds is 8. The fourth-order valence-corrected chi connectivity index (χ4v) is 3.96. The molecule has 1 N–H and O–H groups in total. The lowest BCUT2D eigenvalue weighted by Gasteiger charge is -2.11. The average Bonchev–Trinajstić information content (AvgIpc) is 3.55. The number of hydrogen-bond acceptors (Lipinski definition) is 7. The SMILES string of the molecule is CCOCCn1cc(-c2ccc(-n3nnc4cnc(NC5CCCC5)nc43)cc2)cn1. The first-order valence-electron chi connectivity index (χ1n) is 10.9. The monoisotopic (exact) mass is 418 g/mol. The number of fused-ring (bicyclic) bond motifs is 1. The Morgan fingerprint density at radius 2 is 1.94 bits per heavy atom. The van der Waals surface area contributed by atoms with E-state index in [0.717, 1.165) is 30.0 Å². The van der Waals surface area contributed by atoms with Crippen molar-refractivity contribution >= 4 is 17.1 Å². The fourth-order valence-electron chi connectivity index (χ4n) is 3.96. The molecule has 1 aromatic carbocycles. The van der Waals surface area contributed by atoms with E-state index in [9.17, 15) is 0 Å². The van der Waals surface area contributed by atoms with Gasteiger partial charge in [0.05, 0.1) is 31.2 Å². The summed E-state index contributed by atoms with van der Waals surface area (Å²) in [6, 6.07) is 8.62. The molecule has 0 amide bonds. The Labute approximate surface area is 180 Å². The molecule has 0 unspecified atom stereocenters. The summed E-state index contributed by atoms with van der Waals surface area (Å²) in [6.07, 6.45) is 10.5. The Balaban J connectivity index is 1.35. The first-order valence-corrected chi connectivity index (χ1v) is 10.9. The number of nitrogens with zero attached hydrogens (tertiary/aromatic N) is 7. The van der Waals surface area contributed by atoms with Crippen LogP contribution in [-0.4, -0.2) is 54.0 Å². The van der Waals surface area contributed by atoms with Gasteiger partial charge in [0.15, 0.2) is 11.2 Å². The molecule has 3 heterocycles. The lowest BCUT2D eigenvalue weighted by Crippen LogP contribution is -2.16. The number of nitrogens with one attached hydrogen (secondary N) is 1. The molecule has 9 nitrogen and oxygen atoms in total. The second kappa shape index (κ2) is 8.81. The van der Waals surface area contributed by atoms with Crippen LogP contribution in [0.15, 0.2) is 42.9 Å². The van der Waals surface area contributed by atoms with Gasteiger partial charge in [0.2, 0.25) is 5.95 Å². The summed E-state index contributed by atoms with van der Waals surface area (Å²) in [5.41, 5.74) is 4.44. The zero-order chi connectivity index (χ0) is 21.0. The Hall–Kier alpha value is -3.33. The van der Waals surface area contributed by atoms with Gasteiger partial charge in [-0.25, -0.2) is 4.98 Å². The van der Waals surface area contributed by atoms with Crippen LogP contribution in [0.1, 0.15) is 32.6 Å². The molecule has 1 saturated carbocycles. The summed E-state index contributed by atoms with van der Waals surface area (Å²) in [5, 5.41) is 16.4. The summed E-state index contributed by atoms with van der Waals surface area (Å²) < 4.78 is 9.06. The Bertz CT molecular complexity index is 1140. The van der Waals surface area contributed by atoms with E-state index >= 15 is 0 Å². The molecule has 1 fully saturated rings. The summed E-state index contributed by atoms with van der Waals surface area (Å²) in [4.78, 5) is 9.09. The quantitative estimate of drug-likeness (QED) is 0.438. The molecule has 160 valence electrons. The zero-order valence-electron chi connectivity index (χ0n) is 17.6. The molecule has 3 aromatic heterocycles. The molecule has 0 saturated heterocycles. The molecule has 1 aliphatic carbocycles. The largest absolute Gasteiger partial charge is 0.380 e. The van der Waals surface area contributed by atoms with Crippen LogP contribution in [0.4, 0.5) is 5.95 Å². The van der Waals surface area contributed by atoms with Crippen molar-refractivity contribution in [3.8, 4) is 16.8 Å². The Morgan fingerprint density at radius 3 is 2.74 bits per heavy atom. The van der Waals surface area contributed by atoms with Crippen LogP contribution < -0.4 is 5.32 Å². The molecular formula is C22H26N8O. The number of aromatic nitrogens is 7. The maximum absolute atomic E-state index is 5.40. The van der Waals surface area contributed by atoms with E-state index in [0.29, 0.717) is 29.8 Å². The van der Waals surface area contributed by atoms with Crippen molar-refractivity contribution in [2.24, 2.45) is 0 Å². The summed E-state index contributed by atoms with van der Waals surface area (Å²) in [6.45, 7) is 4.12. The van der Waals surface area contributed by atoms with Gasteiger partial charge in [-0.3, -0.25) is 4.68 Å². The van der Waals surface area contributed by atoms with Gasteiger partial charge < -0.3 is 10.1 Å². The van der Waals surface area contributed by atoms with Crippen LogP contribution in [-0.2, 0) is 11.3 Å². The highest BCUT2D eigenvalue weighted by Crippen LogP contribution is 2.23. The van der Waals surface area contributed by atoms with Crippen LogP contribution in [0.5, 0.6) is 0 Å². The van der Waals surface area contributed by atoms with E-state index in [1.165, 1.54) is 25.7 Å². The van der Waals surface area contributed by atoms with Crippen LogP contribution in [0, 0.1) is 0 Å².